The molecule has 0 unspecified atom stereocenters. The number of para-hydroxylation sites is 1. The molecule has 4 nitrogen and oxygen atoms in total. The van der Waals surface area contributed by atoms with Crippen LogP contribution in [-0.2, 0) is 12.4 Å². The summed E-state index contributed by atoms with van der Waals surface area (Å²) in [7, 11) is 0. The number of amides is 1. The topological polar surface area (TPSA) is 51.2 Å². The van der Waals surface area contributed by atoms with E-state index in [-0.39, 0.29) is 29.8 Å². The van der Waals surface area contributed by atoms with Crippen molar-refractivity contribution in [2.45, 2.75) is 12.4 Å². The molecule has 0 atom stereocenters. The third-order valence-corrected chi connectivity index (χ3v) is 4.12. The van der Waals surface area contributed by atoms with E-state index in [0.29, 0.717) is 0 Å². The Kier molecular flexibility index (Phi) is 5.86. The lowest BCUT2D eigenvalue weighted by atomic mass is 10.0. The van der Waals surface area contributed by atoms with Crippen LogP contribution in [0.3, 0.4) is 0 Å². The van der Waals surface area contributed by atoms with E-state index in [9.17, 15) is 31.1 Å². The minimum atomic E-state index is -4.79. The van der Waals surface area contributed by atoms with Gasteiger partial charge in [-0.25, -0.2) is 0 Å². The minimum Gasteiger partial charge on any atom is -0.492 e. The summed E-state index contributed by atoms with van der Waals surface area (Å²) in [4.78, 5) is 16.2. The van der Waals surface area contributed by atoms with Crippen LogP contribution in [0.2, 0.25) is 0 Å². The van der Waals surface area contributed by atoms with Gasteiger partial charge in [0.05, 0.1) is 28.8 Å². The Balaban J connectivity index is 1.70. The number of carbonyl (C=O) groups is 1. The van der Waals surface area contributed by atoms with E-state index in [2.05, 4.69) is 10.3 Å². The second kappa shape index (κ2) is 8.21. The highest BCUT2D eigenvalue weighted by Gasteiger charge is 2.37. The quantitative estimate of drug-likeness (QED) is 0.456. The molecule has 2 aromatic carbocycles. The van der Waals surface area contributed by atoms with Gasteiger partial charge in [0, 0.05) is 11.6 Å². The van der Waals surface area contributed by atoms with E-state index in [1.54, 1.807) is 0 Å². The zero-order valence-corrected chi connectivity index (χ0v) is 15.1. The van der Waals surface area contributed by atoms with Gasteiger partial charge in [-0.3, -0.25) is 9.78 Å². The minimum absolute atomic E-state index is 0.0811. The number of hydrogen-bond donors (Lipinski definition) is 1. The molecule has 1 aromatic heterocycles. The molecular formula is C20H14F6N2O2. The zero-order chi connectivity index (χ0) is 21.9. The van der Waals surface area contributed by atoms with Gasteiger partial charge in [0.15, 0.2) is 0 Å². The van der Waals surface area contributed by atoms with Crippen LogP contribution in [0, 0.1) is 0 Å². The Morgan fingerprint density at radius 1 is 0.967 bits per heavy atom. The summed E-state index contributed by atoms with van der Waals surface area (Å²) in [6, 6.07) is 9.67. The fourth-order valence-corrected chi connectivity index (χ4v) is 2.81. The van der Waals surface area contributed by atoms with Gasteiger partial charge in [0.1, 0.15) is 12.4 Å². The van der Waals surface area contributed by atoms with Gasteiger partial charge >= 0.3 is 12.4 Å². The van der Waals surface area contributed by atoms with Crippen molar-refractivity contribution in [3.63, 3.8) is 0 Å². The predicted octanol–water partition coefficient (Wildman–Crippen LogP) is 5.08. The summed E-state index contributed by atoms with van der Waals surface area (Å²) in [6.07, 6.45) is -8.48. The van der Waals surface area contributed by atoms with Gasteiger partial charge in [-0.05, 0) is 24.3 Å². The number of nitrogens with zero attached hydrogens (tertiary/aromatic N) is 1. The van der Waals surface area contributed by atoms with Crippen molar-refractivity contribution in [1.29, 1.82) is 0 Å². The van der Waals surface area contributed by atoms with E-state index < -0.39 is 35.0 Å². The first-order valence-electron chi connectivity index (χ1n) is 8.60. The molecule has 0 aliphatic rings. The first kappa shape index (κ1) is 21.4. The van der Waals surface area contributed by atoms with Crippen molar-refractivity contribution in [3.8, 4) is 5.75 Å². The number of benzene rings is 2. The second-order valence-electron chi connectivity index (χ2n) is 6.19. The maximum atomic E-state index is 13.6. The normalized spacial score (nSPS) is 12.1. The summed E-state index contributed by atoms with van der Waals surface area (Å²) in [5.41, 5.74) is -2.57. The molecule has 1 N–H and O–H groups in total. The molecule has 0 spiro atoms. The molecule has 0 saturated heterocycles. The first-order chi connectivity index (χ1) is 14.1. The van der Waals surface area contributed by atoms with Gasteiger partial charge in [-0.2, -0.15) is 26.3 Å². The maximum Gasteiger partial charge on any atom is 0.417 e. The Morgan fingerprint density at radius 3 is 2.40 bits per heavy atom. The van der Waals surface area contributed by atoms with Crippen LogP contribution in [0.25, 0.3) is 10.9 Å². The monoisotopic (exact) mass is 428 g/mol. The predicted molar refractivity (Wildman–Crippen MR) is 96.0 cm³/mol. The first-order valence-corrected chi connectivity index (χ1v) is 8.60. The van der Waals surface area contributed by atoms with Gasteiger partial charge in [0.25, 0.3) is 5.91 Å². The van der Waals surface area contributed by atoms with Crippen LogP contribution in [0.15, 0.2) is 54.7 Å². The van der Waals surface area contributed by atoms with Crippen LogP contribution in [0.5, 0.6) is 5.75 Å². The largest absolute Gasteiger partial charge is 0.492 e. The SMILES string of the molecule is O=C(NCCOc1cccc(C(F)(F)F)c1)c1cnc2ccccc2c1C(F)(F)F. The molecule has 0 saturated carbocycles. The van der Waals surface area contributed by atoms with Crippen LogP contribution in [0.4, 0.5) is 26.3 Å². The fraction of sp³-hybridized carbons (Fsp3) is 0.200. The van der Waals surface area contributed by atoms with Crippen molar-refractivity contribution in [2.75, 3.05) is 13.2 Å². The molecule has 158 valence electrons. The number of aromatic nitrogens is 1. The summed E-state index contributed by atoms with van der Waals surface area (Å²) >= 11 is 0. The Morgan fingerprint density at radius 2 is 1.70 bits per heavy atom. The van der Waals surface area contributed by atoms with Crippen LogP contribution >= 0.6 is 0 Å². The average Bonchev–Trinajstić information content (AvgIpc) is 2.69. The van der Waals surface area contributed by atoms with E-state index in [1.807, 2.05) is 0 Å². The van der Waals surface area contributed by atoms with E-state index in [0.717, 1.165) is 24.4 Å². The number of hydrogen-bond acceptors (Lipinski definition) is 3. The lowest BCUT2D eigenvalue weighted by Gasteiger charge is -2.15. The number of alkyl halides is 6. The second-order valence-corrected chi connectivity index (χ2v) is 6.19. The molecule has 1 amide bonds. The summed E-state index contributed by atoms with van der Waals surface area (Å²) in [6.45, 7) is -0.464. The number of rotatable bonds is 5. The number of halogens is 6. The Bertz CT molecular complexity index is 1060. The molecule has 0 bridgehead atoms. The lowest BCUT2D eigenvalue weighted by molar-refractivity contribution is -0.138. The van der Waals surface area contributed by atoms with Crippen LogP contribution < -0.4 is 10.1 Å². The summed E-state index contributed by atoms with van der Waals surface area (Å²) in [5.74, 6) is -1.10. The molecule has 0 fully saturated rings. The highest BCUT2D eigenvalue weighted by atomic mass is 19.4. The molecule has 30 heavy (non-hydrogen) atoms. The number of pyridine rings is 1. The average molecular weight is 428 g/mol. The number of fused-ring (bicyclic) bond motifs is 1. The van der Waals surface area contributed by atoms with Gasteiger partial charge in [-0.15, -0.1) is 0 Å². The van der Waals surface area contributed by atoms with Gasteiger partial charge in [-0.1, -0.05) is 24.3 Å². The van der Waals surface area contributed by atoms with E-state index in [1.165, 1.54) is 30.3 Å². The highest BCUT2D eigenvalue weighted by molar-refractivity contribution is 6.00. The van der Waals surface area contributed by atoms with E-state index in [4.69, 9.17) is 4.74 Å². The third-order valence-electron chi connectivity index (χ3n) is 4.12. The lowest BCUT2D eigenvalue weighted by Crippen LogP contribution is -2.30. The molecular weight excluding hydrogens is 414 g/mol. The van der Waals surface area contributed by atoms with E-state index >= 15 is 0 Å². The molecule has 10 heteroatoms. The zero-order valence-electron chi connectivity index (χ0n) is 15.1. The molecule has 3 aromatic rings. The van der Waals surface area contributed by atoms with Crippen molar-refractivity contribution in [3.05, 3.63) is 71.4 Å². The maximum absolute atomic E-state index is 13.6. The summed E-state index contributed by atoms with van der Waals surface area (Å²) < 4.78 is 83.9. The number of carbonyl (C=O) groups excluding carboxylic acids is 1. The standard InChI is InChI=1S/C20H14F6N2O2/c21-19(22,23)12-4-3-5-13(10-12)30-9-8-27-18(29)15-11-28-16-7-2-1-6-14(16)17(15)20(24,25)26/h1-7,10-11H,8-9H2,(H,27,29). The molecule has 1 heterocycles. The van der Waals surface area contributed by atoms with Crippen molar-refractivity contribution >= 4 is 16.8 Å². The van der Waals surface area contributed by atoms with Crippen LogP contribution in [0.1, 0.15) is 21.5 Å². The molecule has 3 rings (SSSR count). The number of nitrogens with one attached hydrogen (secondary N) is 1. The van der Waals surface area contributed by atoms with Gasteiger partial charge < -0.3 is 10.1 Å². The van der Waals surface area contributed by atoms with Crippen molar-refractivity contribution < 1.29 is 35.9 Å². The Labute approximate surface area is 166 Å². The molecule has 0 aliphatic carbocycles. The third kappa shape index (κ3) is 4.81. The van der Waals surface area contributed by atoms with Gasteiger partial charge in [0.2, 0.25) is 0 Å². The molecule has 0 radical (unpaired) electrons. The smallest absolute Gasteiger partial charge is 0.417 e. The van der Waals surface area contributed by atoms with Crippen molar-refractivity contribution in [2.24, 2.45) is 0 Å². The molecule has 0 aliphatic heterocycles. The van der Waals surface area contributed by atoms with Crippen molar-refractivity contribution in [1.82, 2.24) is 10.3 Å². The Hall–Kier alpha value is -3.30. The fourth-order valence-electron chi connectivity index (χ4n) is 2.81. The highest BCUT2D eigenvalue weighted by Crippen LogP contribution is 2.36. The number of ether oxygens (including phenoxy) is 1. The van der Waals surface area contributed by atoms with Crippen LogP contribution in [-0.4, -0.2) is 24.0 Å². The summed E-state index contributed by atoms with van der Waals surface area (Å²) in [5, 5.41) is 2.05.